The Bertz CT molecular complexity index is 1640. The first-order valence-electron chi connectivity index (χ1n) is 12.2. The van der Waals surface area contributed by atoms with Crippen molar-refractivity contribution < 1.29 is 13.6 Å². The lowest BCUT2D eigenvalue weighted by Crippen LogP contribution is -2.59. The van der Waals surface area contributed by atoms with Crippen molar-refractivity contribution in [3.05, 3.63) is 76.7 Å². The van der Waals surface area contributed by atoms with Gasteiger partial charge in [-0.15, -0.1) is 0 Å². The van der Waals surface area contributed by atoms with Gasteiger partial charge in [-0.25, -0.2) is 23.3 Å². The second-order valence-corrected chi connectivity index (χ2v) is 10.0. The average Bonchev–Trinajstić information content (AvgIpc) is 3.42. The van der Waals surface area contributed by atoms with Crippen LogP contribution in [-0.2, 0) is 17.8 Å². The third-order valence-electron chi connectivity index (χ3n) is 7.51. The Balaban J connectivity index is 1.27. The number of amides is 1. The minimum atomic E-state index is -0.698. The van der Waals surface area contributed by atoms with Crippen LogP contribution in [0.1, 0.15) is 28.9 Å². The number of fused-ring (bicyclic) bond motifs is 1. The average molecular weight is 515 g/mol. The number of rotatable bonds is 5. The van der Waals surface area contributed by atoms with Crippen LogP contribution in [0.2, 0.25) is 0 Å². The lowest BCUT2D eigenvalue weighted by molar-refractivity contribution is -0.144. The summed E-state index contributed by atoms with van der Waals surface area (Å²) in [5.41, 5.74) is 7.57. The molecule has 2 N–H and O–H groups in total. The molecule has 2 aliphatic rings. The van der Waals surface area contributed by atoms with Crippen molar-refractivity contribution in [1.29, 1.82) is 5.26 Å². The van der Waals surface area contributed by atoms with Crippen molar-refractivity contribution in [3.8, 4) is 17.3 Å². The number of halogens is 2. The smallest absolute Gasteiger partial charge is 0.231 e. The molecule has 0 bridgehead atoms. The Morgan fingerprint density at radius 3 is 2.68 bits per heavy atom. The van der Waals surface area contributed by atoms with Crippen LogP contribution in [-0.4, -0.2) is 62.0 Å². The third-order valence-corrected chi connectivity index (χ3v) is 7.51. The zero-order chi connectivity index (χ0) is 26.6. The fraction of sp³-hybridized carbons (Fsp3) is 0.296. The van der Waals surface area contributed by atoms with E-state index in [1.165, 1.54) is 28.9 Å². The Morgan fingerprint density at radius 2 is 1.95 bits per heavy atom. The van der Waals surface area contributed by atoms with E-state index in [0.29, 0.717) is 31.0 Å². The molecule has 4 heterocycles. The van der Waals surface area contributed by atoms with Crippen molar-refractivity contribution in [2.45, 2.75) is 19.4 Å². The van der Waals surface area contributed by atoms with Crippen LogP contribution in [0.5, 0.6) is 0 Å². The number of hydrogen-bond donors (Lipinski definition) is 1. The summed E-state index contributed by atoms with van der Waals surface area (Å²) in [4.78, 5) is 25.2. The molecule has 6 rings (SSSR count). The van der Waals surface area contributed by atoms with Gasteiger partial charge in [0.25, 0.3) is 0 Å². The molecule has 11 heteroatoms. The van der Waals surface area contributed by atoms with Gasteiger partial charge >= 0.3 is 0 Å². The second kappa shape index (κ2) is 8.85. The zero-order valence-electron chi connectivity index (χ0n) is 20.7. The second-order valence-electron chi connectivity index (χ2n) is 10.0. The lowest BCUT2D eigenvalue weighted by Gasteiger charge is -2.46. The van der Waals surface area contributed by atoms with E-state index in [2.05, 4.69) is 20.0 Å². The molecule has 192 valence electrons. The minimum absolute atomic E-state index is 0.0360. The Labute approximate surface area is 217 Å². The Hall–Kier alpha value is -4.43. The summed E-state index contributed by atoms with van der Waals surface area (Å²) < 4.78 is 31.1. The quantitative estimate of drug-likeness (QED) is 0.435. The fourth-order valence-corrected chi connectivity index (χ4v) is 5.54. The molecule has 2 aliphatic heterocycles. The predicted molar refractivity (Wildman–Crippen MR) is 134 cm³/mol. The summed E-state index contributed by atoms with van der Waals surface area (Å²) in [6.45, 7) is 2.61. The fourth-order valence-electron chi connectivity index (χ4n) is 5.54. The largest absolute Gasteiger partial charge is 0.381 e. The van der Waals surface area contributed by atoms with Gasteiger partial charge < -0.3 is 10.6 Å². The summed E-state index contributed by atoms with van der Waals surface area (Å²) >= 11 is 0. The van der Waals surface area contributed by atoms with E-state index in [1.54, 1.807) is 17.0 Å². The number of aromatic nitrogens is 4. The number of hydrogen-bond acceptors (Lipinski definition) is 7. The molecular weight excluding hydrogens is 490 g/mol. The molecule has 0 atom stereocenters. The molecule has 9 nitrogen and oxygen atoms in total. The number of carbonyl (C=O) groups excluding carboxylic acids is 1. The summed E-state index contributed by atoms with van der Waals surface area (Å²) in [6.07, 6.45) is 2.46. The highest BCUT2D eigenvalue weighted by Crippen LogP contribution is 2.41. The monoisotopic (exact) mass is 514 g/mol. The Kier molecular flexibility index (Phi) is 5.57. The SMILES string of the molecule is CN1CCC2(CN(Cc3cccc(F)c3Cc3nc4c(N)nc(-c5cccc(C#N)c5F)cn4n3)C2)C1=O. The first-order chi connectivity index (χ1) is 18.3. The van der Waals surface area contributed by atoms with Crippen molar-refractivity contribution in [1.82, 2.24) is 29.4 Å². The van der Waals surface area contributed by atoms with Crippen molar-refractivity contribution in [2.75, 3.05) is 32.4 Å². The van der Waals surface area contributed by atoms with E-state index in [0.717, 1.165) is 18.5 Å². The van der Waals surface area contributed by atoms with E-state index >= 15 is 4.39 Å². The van der Waals surface area contributed by atoms with Gasteiger partial charge in [0.05, 0.1) is 22.9 Å². The summed E-state index contributed by atoms with van der Waals surface area (Å²) in [5.74, 6) is -0.506. The van der Waals surface area contributed by atoms with Crippen molar-refractivity contribution >= 4 is 17.4 Å². The van der Waals surface area contributed by atoms with Gasteiger partial charge in [0.1, 0.15) is 17.7 Å². The van der Waals surface area contributed by atoms with Gasteiger partial charge in [0, 0.05) is 45.2 Å². The van der Waals surface area contributed by atoms with Crippen molar-refractivity contribution in [3.63, 3.8) is 0 Å². The zero-order valence-corrected chi connectivity index (χ0v) is 20.7. The van der Waals surface area contributed by atoms with Crippen molar-refractivity contribution in [2.24, 2.45) is 5.41 Å². The molecule has 2 fully saturated rings. The van der Waals surface area contributed by atoms with E-state index in [4.69, 9.17) is 11.0 Å². The predicted octanol–water partition coefficient (Wildman–Crippen LogP) is 2.78. The topological polar surface area (TPSA) is 116 Å². The lowest BCUT2D eigenvalue weighted by atomic mass is 9.78. The summed E-state index contributed by atoms with van der Waals surface area (Å²) in [7, 11) is 1.83. The first-order valence-corrected chi connectivity index (χ1v) is 12.2. The molecule has 0 aliphatic carbocycles. The molecule has 2 aromatic heterocycles. The molecule has 1 spiro atoms. The highest BCUT2D eigenvalue weighted by molar-refractivity contribution is 5.86. The Morgan fingerprint density at radius 1 is 1.16 bits per heavy atom. The normalized spacial score (nSPS) is 16.8. The molecule has 2 saturated heterocycles. The maximum absolute atomic E-state index is 15.0. The number of nitrogens with two attached hydrogens (primary N) is 1. The maximum Gasteiger partial charge on any atom is 0.231 e. The van der Waals surface area contributed by atoms with Crippen LogP contribution in [0.3, 0.4) is 0 Å². The summed E-state index contributed by atoms with van der Waals surface area (Å²) in [5, 5.41) is 13.6. The van der Waals surface area contributed by atoms with Crippen LogP contribution in [0.25, 0.3) is 16.9 Å². The van der Waals surface area contributed by atoms with Gasteiger partial charge in [-0.05, 0) is 35.7 Å². The summed E-state index contributed by atoms with van der Waals surface area (Å²) in [6, 6.07) is 11.2. The van der Waals surface area contributed by atoms with E-state index in [9.17, 15) is 9.18 Å². The molecule has 0 saturated carbocycles. The third kappa shape index (κ3) is 3.85. The molecule has 38 heavy (non-hydrogen) atoms. The van der Waals surface area contributed by atoms with E-state index in [-0.39, 0.29) is 51.8 Å². The van der Waals surface area contributed by atoms with Gasteiger partial charge in [0.15, 0.2) is 17.3 Å². The van der Waals surface area contributed by atoms with Gasteiger partial charge in [-0.1, -0.05) is 18.2 Å². The molecule has 2 aromatic carbocycles. The maximum atomic E-state index is 15.0. The molecule has 4 aromatic rings. The minimum Gasteiger partial charge on any atom is -0.381 e. The molecule has 1 amide bonds. The number of carbonyl (C=O) groups is 1. The van der Waals surface area contributed by atoms with E-state index in [1.807, 2.05) is 19.2 Å². The number of benzene rings is 2. The number of likely N-dealkylation sites (tertiary alicyclic amines) is 2. The van der Waals surface area contributed by atoms with E-state index < -0.39 is 5.82 Å². The van der Waals surface area contributed by atoms with Crippen LogP contribution in [0.4, 0.5) is 14.6 Å². The number of nitrogens with zero attached hydrogens (tertiary/aromatic N) is 7. The molecular formula is C27H24F2N8O. The number of anilines is 1. The number of nitriles is 1. The first kappa shape index (κ1) is 23.9. The van der Waals surface area contributed by atoms with Crippen LogP contribution < -0.4 is 5.73 Å². The van der Waals surface area contributed by atoms with Gasteiger partial charge in [-0.3, -0.25) is 9.69 Å². The van der Waals surface area contributed by atoms with Gasteiger partial charge in [0.2, 0.25) is 5.91 Å². The standard InChI is InChI=1S/C27H24F2N8O/c1-35-9-8-27(26(35)38)14-36(15-27)12-17-5-3-7-20(28)19(17)10-22-33-25-24(31)32-21(13-37(25)34-22)18-6-2-4-16(11-30)23(18)29/h2-7,13H,8-10,12,14-15H2,1H3,(H2,31,32). The highest BCUT2D eigenvalue weighted by atomic mass is 19.1. The molecule has 0 radical (unpaired) electrons. The molecule has 0 unspecified atom stereocenters. The van der Waals surface area contributed by atoms with Crippen LogP contribution in [0, 0.1) is 28.4 Å². The highest BCUT2D eigenvalue weighted by Gasteiger charge is 2.53. The number of nitrogen functional groups attached to an aromatic ring is 1. The van der Waals surface area contributed by atoms with Crippen LogP contribution >= 0.6 is 0 Å². The van der Waals surface area contributed by atoms with Crippen LogP contribution in [0.15, 0.2) is 42.6 Å². The van der Waals surface area contributed by atoms with Gasteiger partial charge in [-0.2, -0.15) is 10.4 Å².